The molecule has 154 valence electrons. The molecule has 1 N–H and O–H groups in total. The second-order valence-electron chi connectivity index (χ2n) is 6.62. The van der Waals surface area contributed by atoms with Crippen LogP contribution in [0.15, 0.2) is 53.4 Å². The lowest BCUT2D eigenvalue weighted by molar-refractivity contribution is -0.125. The first-order chi connectivity index (χ1) is 13.8. The summed E-state index contributed by atoms with van der Waals surface area (Å²) in [6, 6.07) is 11.6. The fraction of sp³-hybridized carbons (Fsp3) is 0.300. The van der Waals surface area contributed by atoms with Gasteiger partial charge in [-0.2, -0.15) is 8.78 Å². The highest BCUT2D eigenvalue weighted by Gasteiger charge is 2.27. The fourth-order valence-electron chi connectivity index (χ4n) is 3.24. The van der Waals surface area contributed by atoms with Gasteiger partial charge in [0.2, 0.25) is 9.84 Å². The van der Waals surface area contributed by atoms with Crippen LogP contribution in [0.5, 0.6) is 0 Å². The largest absolute Gasteiger partial charge is 0.452 e. The molecule has 29 heavy (non-hydrogen) atoms. The van der Waals surface area contributed by atoms with Crippen molar-refractivity contribution in [3.8, 4) is 0 Å². The van der Waals surface area contributed by atoms with Gasteiger partial charge in [-0.1, -0.05) is 24.3 Å². The molecule has 0 spiro atoms. The number of halogens is 2. The van der Waals surface area contributed by atoms with Gasteiger partial charge in [0.25, 0.3) is 5.91 Å². The number of ether oxygens (including phenoxy) is 1. The molecule has 2 aromatic carbocycles. The molecule has 0 saturated heterocycles. The molecule has 3 rings (SSSR count). The van der Waals surface area contributed by atoms with Crippen LogP contribution >= 0.6 is 0 Å². The first-order valence-electron chi connectivity index (χ1n) is 8.95. The Hall–Kier alpha value is -2.81. The van der Waals surface area contributed by atoms with Crippen molar-refractivity contribution in [1.29, 1.82) is 0 Å². The van der Waals surface area contributed by atoms with Crippen molar-refractivity contribution in [2.45, 2.75) is 36.0 Å². The Morgan fingerprint density at radius 3 is 2.48 bits per heavy atom. The number of nitrogens with one attached hydrogen (secondary N) is 1. The molecule has 1 amide bonds. The predicted octanol–water partition coefficient (Wildman–Crippen LogP) is 3.03. The van der Waals surface area contributed by atoms with Crippen LogP contribution in [-0.4, -0.2) is 32.7 Å². The van der Waals surface area contributed by atoms with Crippen molar-refractivity contribution in [2.24, 2.45) is 0 Å². The maximum absolute atomic E-state index is 12.5. The molecule has 1 aliphatic carbocycles. The summed E-state index contributed by atoms with van der Waals surface area (Å²) in [4.78, 5) is 23.6. The minimum Gasteiger partial charge on any atom is -0.452 e. The molecule has 0 fully saturated rings. The van der Waals surface area contributed by atoms with Gasteiger partial charge in [0.1, 0.15) is 0 Å². The minimum atomic E-state index is -4.74. The number of carbonyl (C=O) groups is 2. The standard InChI is InChI=1S/C20H19F2NO5S/c21-20(22)29(26,27)15-10-8-14(9-11-15)19(25)28-12-18(24)23-17-7-3-5-13-4-1-2-6-16(13)17/h1-2,4,6,8-11,17,20H,3,5,7,12H2,(H,23,24). The van der Waals surface area contributed by atoms with Crippen molar-refractivity contribution < 1.29 is 31.5 Å². The Morgan fingerprint density at radius 1 is 1.10 bits per heavy atom. The molecule has 9 heteroatoms. The van der Waals surface area contributed by atoms with E-state index in [0.29, 0.717) is 0 Å². The zero-order valence-electron chi connectivity index (χ0n) is 15.3. The average Bonchev–Trinajstić information content (AvgIpc) is 2.72. The Balaban J connectivity index is 1.56. The molecule has 0 bridgehead atoms. The van der Waals surface area contributed by atoms with Crippen molar-refractivity contribution in [2.75, 3.05) is 6.61 Å². The van der Waals surface area contributed by atoms with Crippen molar-refractivity contribution in [1.82, 2.24) is 5.32 Å². The summed E-state index contributed by atoms with van der Waals surface area (Å²) in [5.41, 5.74) is 2.18. The SMILES string of the molecule is O=C(COC(=O)c1ccc(S(=O)(=O)C(F)F)cc1)NC1CCCc2ccccc21. The van der Waals surface area contributed by atoms with Crippen LogP contribution in [0.3, 0.4) is 0 Å². The molecular weight excluding hydrogens is 404 g/mol. The van der Waals surface area contributed by atoms with Crippen LogP contribution in [0.1, 0.15) is 40.4 Å². The second kappa shape index (κ2) is 8.69. The van der Waals surface area contributed by atoms with Gasteiger partial charge in [-0.25, -0.2) is 13.2 Å². The summed E-state index contributed by atoms with van der Waals surface area (Å²) < 4.78 is 52.8. The molecule has 0 aromatic heterocycles. The maximum Gasteiger partial charge on any atom is 0.341 e. The van der Waals surface area contributed by atoms with Gasteiger partial charge >= 0.3 is 11.7 Å². The lowest BCUT2D eigenvalue weighted by Crippen LogP contribution is -2.34. The van der Waals surface area contributed by atoms with E-state index in [0.717, 1.165) is 49.1 Å². The Bertz CT molecular complexity index is 1010. The molecule has 6 nitrogen and oxygen atoms in total. The van der Waals surface area contributed by atoms with Gasteiger partial charge < -0.3 is 10.1 Å². The topological polar surface area (TPSA) is 89.5 Å². The zero-order valence-corrected chi connectivity index (χ0v) is 16.1. The Labute approximate surface area is 166 Å². The lowest BCUT2D eigenvalue weighted by Gasteiger charge is -2.26. The van der Waals surface area contributed by atoms with E-state index in [1.165, 1.54) is 5.56 Å². The summed E-state index contributed by atoms with van der Waals surface area (Å²) in [7, 11) is -4.74. The molecule has 1 atom stereocenters. The smallest absolute Gasteiger partial charge is 0.341 e. The normalized spacial score (nSPS) is 16.2. The fourth-order valence-corrected chi connectivity index (χ4v) is 3.96. The van der Waals surface area contributed by atoms with E-state index < -0.39 is 39.0 Å². The van der Waals surface area contributed by atoms with Crippen molar-refractivity contribution in [3.05, 3.63) is 65.2 Å². The summed E-state index contributed by atoms with van der Waals surface area (Å²) in [5, 5.41) is 2.84. The van der Waals surface area contributed by atoms with Gasteiger partial charge in [-0.15, -0.1) is 0 Å². The van der Waals surface area contributed by atoms with E-state index in [-0.39, 0.29) is 11.6 Å². The molecule has 2 aromatic rings. The van der Waals surface area contributed by atoms with Crippen molar-refractivity contribution >= 4 is 21.7 Å². The number of alkyl halides is 2. The quantitative estimate of drug-likeness (QED) is 0.722. The molecule has 0 aliphatic heterocycles. The minimum absolute atomic E-state index is 0.0472. The summed E-state index contributed by atoms with van der Waals surface area (Å²) >= 11 is 0. The number of esters is 1. The first-order valence-corrected chi connectivity index (χ1v) is 10.5. The number of benzene rings is 2. The van der Waals surface area contributed by atoms with Crippen LogP contribution in [0.2, 0.25) is 0 Å². The number of fused-ring (bicyclic) bond motifs is 1. The van der Waals surface area contributed by atoms with E-state index in [9.17, 15) is 26.8 Å². The number of aryl methyl sites for hydroxylation is 1. The van der Waals surface area contributed by atoms with Gasteiger partial charge in [0.15, 0.2) is 6.61 Å². The van der Waals surface area contributed by atoms with E-state index in [1.807, 2.05) is 24.3 Å². The molecular formula is C20H19F2NO5S. The van der Waals surface area contributed by atoms with E-state index >= 15 is 0 Å². The predicted molar refractivity (Wildman–Crippen MR) is 100 cm³/mol. The highest BCUT2D eigenvalue weighted by molar-refractivity contribution is 7.91. The van der Waals surface area contributed by atoms with Crippen LogP contribution in [0.25, 0.3) is 0 Å². The molecule has 0 radical (unpaired) electrons. The van der Waals surface area contributed by atoms with Crippen molar-refractivity contribution in [3.63, 3.8) is 0 Å². The third-order valence-corrected chi connectivity index (χ3v) is 6.09. The zero-order chi connectivity index (χ0) is 21.0. The average molecular weight is 423 g/mol. The van der Waals surface area contributed by atoms with E-state index in [2.05, 4.69) is 5.32 Å². The van der Waals surface area contributed by atoms with Gasteiger partial charge in [-0.3, -0.25) is 4.79 Å². The van der Waals surface area contributed by atoms with Crippen LogP contribution in [-0.2, 0) is 25.8 Å². The summed E-state index contributed by atoms with van der Waals surface area (Å²) in [6.07, 6.45) is 2.68. The lowest BCUT2D eigenvalue weighted by atomic mass is 9.88. The molecule has 0 heterocycles. The Kier molecular flexibility index (Phi) is 6.26. The Morgan fingerprint density at radius 2 is 1.79 bits per heavy atom. The number of carbonyl (C=O) groups excluding carboxylic acids is 2. The van der Waals surface area contributed by atoms with Crippen LogP contribution < -0.4 is 5.32 Å². The van der Waals surface area contributed by atoms with Gasteiger partial charge in [-0.05, 0) is 54.7 Å². The highest BCUT2D eigenvalue weighted by atomic mass is 32.2. The highest BCUT2D eigenvalue weighted by Crippen LogP contribution is 2.29. The number of amides is 1. The van der Waals surface area contributed by atoms with Crippen LogP contribution in [0, 0.1) is 0 Å². The number of hydrogen-bond donors (Lipinski definition) is 1. The third kappa shape index (κ3) is 4.79. The van der Waals surface area contributed by atoms with Gasteiger partial charge in [0.05, 0.1) is 16.5 Å². The third-order valence-electron chi connectivity index (χ3n) is 4.69. The number of rotatable bonds is 6. The molecule has 1 unspecified atom stereocenters. The number of sulfone groups is 1. The maximum atomic E-state index is 12.5. The van der Waals surface area contributed by atoms with Gasteiger partial charge in [0, 0.05) is 0 Å². The molecule has 0 saturated carbocycles. The van der Waals surface area contributed by atoms with E-state index in [4.69, 9.17) is 4.74 Å². The first kappa shape index (κ1) is 20.9. The van der Waals surface area contributed by atoms with E-state index in [1.54, 1.807) is 0 Å². The second-order valence-corrected chi connectivity index (χ2v) is 8.54. The number of hydrogen-bond acceptors (Lipinski definition) is 5. The monoisotopic (exact) mass is 423 g/mol. The molecule has 1 aliphatic rings. The summed E-state index contributed by atoms with van der Waals surface area (Å²) in [6.45, 7) is -0.505. The summed E-state index contributed by atoms with van der Waals surface area (Å²) in [5.74, 6) is -4.86. The van der Waals surface area contributed by atoms with Crippen LogP contribution in [0.4, 0.5) is 8.78 Å².